The van der Waals surface area contributed by atoms with E-state index < -0.39 is 164 Å². The van der Waals surface area contributed by atoms with E-state index in [-0.39, 0.29) is 30.6 Å². The van der Waals surface area contributed by atoms with Gasteiger partial charge in [0.1, 0.15) is 47.7 Å². The summed E-state index contributed by atoms with van der Waals surface area (Å²) in [6, 6.07) is 7.53. The number of β-amino-alcohol motifs (C(OH)–C–C–N with tert-alkyl or cyclic N) is 1. The van der Waals surface area contributed by atoms with E-state index in [0.29, 0.717) is 29.4 Å². The fourth-order valence-electron chi connectivity index (χ4n) is 10.1. The van der Waals surface area contributed by atoms with Gasteiger partial charge in [-0.1, -0.05) is 50.0 Å². The Kier molecular flexibility index (Phi) is 21.0. The lowest BCUT2D eigenvalue weighted by Crippen LogP contribution is -2.64. The maximum atomic E-state index is 14.6. The van der Waals surface area contributed by atoms with Crippen molar-refractivity contribution in [2.45, 2.75) is 139 Å². The van der Waals surface area contributed by atoms with Crippen LogP contribution in [0.4, 0.5) is 0 Å². The van der Waals surface area contributed by atoms with Gasteiger partial charge < -0.3 is 92.2 Å². The summed E-state index contributed by atoms with van der Waals surface area (Å²) in [5.74, 6) is -8.38. The van der Waals surface area contributed by atoms with Crippen molar-refractivity contribution in [1.82, 2.24) is 41.5 Å². The van der Waals surface area contributed by atoms with E-state index in [1.54, 1.807) is 18.2 Å². The maximum Gasteiger partial charge on any atom is 0.251 e. The Labute approximate surface area is 472 Å². The SMILES string of the molecule is CCCCCOc1ccc(-c2cc(-c3ccc(C(=O)N[C@H]4C[C@H](O)CNC(=O)[C@@H]5[C@@H](O)[C@H](C)CN5C(=O)[C@H]([C@H](O)CCN)NC(=O)[C@H]([C@H](O)Cc5ccc(O)c(O)c5)NC(=O)[C@@H]5C[C@H](O)CN5C(=O)[C@H]([C@H](C)O)NC4=O)cc3)no2)cc1. The lowest BCUT2D eigenvalue weighted by Gasteiger charge is -2.34. The third kappa shape index (κ3) is 15.0. The number of nitrogens with zero attached hydrogens (tertiary/aromatic N) is 3. The molecule has 4 aromatic rings. The number of nitrogens with two attached hydrogens (primary N) is 1. The molecule has 0 unspecified atom stereocenters. The zero-order valence-corrected chi connectivity index (χ0v) is 45.6. The predicted molar refractivity (Wildman–Crippen MR) is 291 cm³/mol. The molecule has 26 heteroatoms. The minimum atomic E-state index is -2.06. The first-order valence-corrected chi connectivity index (χ1v) is 27.3. The molecule has 3 saturated heterocycles. The summed E-state index contributed by atoms with van der Waals surface area (Å²) in [5, 5.41) is 104. The van der Waals surface area contributed by atoms with Crippen LogP contribution in [-0.2, 0) is 35.2 Å². The van der Waals surface area contributed by atoms with Crippen LogP contribution in [0.15, 0.2) is 77.3 Å². The molecular weight excluding hydrogens is 1070 g/mol. The number of unbranched alkanes of at least 4 members (excludes halogenated alkanes) is 2. The molecule has 0 spiro atoms. The van der Waals surface area contributed by atoms with E-state index in [0.717, 1.165) is 53.7 Å². The number of carbonyl (C=O) groups excluding carboxylic acids is 7. The highest BCUT2D eigenvalue weighted by molar-refractivity contribution is 6.00. The van der Waals surface area contributed by atoms with Crippen molar-refractivity contribution in [3.05, 3.63) is 83.9 Å². The topological polar surface area (TPSA) is 409 Å². The molecule has 3 aliphatic rings. The van der Waals surface area contributed by atoms with Gasteiger partial charge in [0.15, 0.2) is 17.3 Å². The highest BCUT2D eigenvalue weighted by Crippen LogP contribution is 2.30. The molecule has 15 N–H and O–H groups in total. The molecule has 3 aliphatic heterocycles. The van der Waals surface area contributed by atoms with Gasteiger partial charge >= 0.3 is 0 Å². The van der Waals surface area contributed by atoms with Gasteiger partial charge in [-0.25, -0.2) is 0 Å². The predicted octanol–water partition coefficient (Wildman–Crippen LogP) is -1.71. The number of aromatic nitrogens is 1. The van der Waals surface area contributed by atoms with Crippen LogP contribution in [0.25, 0.3) is 22.6 Å². The second kappa shape index (κ2) is 27.8. The van der Waals surface area contributed by atoms with Gasteiger partial charge in [0, 0.05) is 67.6 Å². The minimum absolute atomic E-state index is 0.0181. The number of fused-ring (bicyclic) bond motifs is 2. The Morgan fingerprint density at radius 2 is 1.44 bits per heavy atom. The number of hydrogen-bond donors (Lipinski definition) is 14. The first kappa shape index (κ1) is 61.9. The van der Waals surface area contributed by atoms with Gasteiger partial charge in [-0.3, -0.25) is 33.6 Å². The van der Waals surface area contributed by atoms with Crippen LogP contribution in [0.3, 0.4) is 0 Å². The molecular formula is C56H73N9O17. The summed E-state index contributed by atoms with van der Waals surface area (Å²) in [4.78, 5) is 102. The zero-order chi connectivity index (χ0) is 59.5. The lowest BCUT2D eigenvalue weighted by atomic mass is 9.98. The van der Waals surface area contributed by atoms with Crippen molar-refractivity contribution in [3.8, 4) is 39.8 Å². The Hall–Kier alpha value is -7.72. The molecule has 13 atom stereocenters. The molecule has 1 aromatic heterocycles. The van der Waals surface area contributed by atoms with E-state index in [4.69, 9.17) is 15.0 Å². The first-order valence-electron chi connectivity index (χ1n) is 27.3. The molecule has 0 saturated carbocycles. The number of benzene rings is 3. The summed E-state index contributed by atoms with van der Waals surface area (Å²) in [7, 11) is 0. The molecule has 3 aromatic carbocycles. The Bertz CT molecular complexity index is 2890. The number of aliphatic hydroxyl groups is 6. The number of phenolic OH excluding ortho intramolecular Hbond substituents is 2. The summed E-state index contributed by atoms with van der Waals surface area (Å²) < 4.78 is 11.4. The van der Waals surface area contributed by atoms with E-state index in [2.05, 4.69) is 38.7 Å². The van der Waals surface area contributed by atoms with E-state index in [1.165, 1.54) is 25.1 Å². The van der Waals surface area contributed by atoms with Gasteiger partial charge in [0.05, 0.1) is 43.2 Å². The number of nitrogens with one attached hydrogen (secondary N) is 5. The Morgan fingerprint density at radius 3 is 2.11 bits per heavy atom. The van der Waals surface area contributed by atoms with Crippen molar-refractivity contribution < 1.29 is 83.7 Å². The van der Waals surface area contributed by atoms with Crippen LogP contribution >= 0.6 is 0 Å². The molecule has 0 aliphatic carbocycles. The molecule has 7 rings (SSSR count). The van der Waals surface area contributed by atoms with Gasteiger partial charge in [0.25, 0.3) is 5.91 Å². The van der Waals surface area contributed by atoms with Crippen molar-refractivity contribution in [3.63, 3.8) is 0 Å². The number of aliphatic hydroxyl groups excluding tert-OH is 6. The van der Waals surface area contributed by atoms with Gasteiger partial charge in [-0.05, 0) is 80.4 Å². The Balaban J connectivity index is 1.18. The molecule has 4 heterocycles. The lowest BCUT2D eigenvalue weighted by molar-refractivity contribution is -0.147. The van der Waals surface area contributed by atoms with Crippen molar-refractivity contribution in [2.75, 3.05) is 32.8 Å². The normalized spacial score (nSPS) is 26.3. The number of amides is 7. The fourth-order valence-corrected chi connectivity index (χ4v) is 10.1. The summed E-state index contributed by atoms with van der Waals surface area (Å²) in [6.45, 7) is 3.65. The van der Waals surface area contributed by atoms with E-state index in [1.807, 2.05) is 24.3 Å². The van der Waals surface area contributed by atoms with Crippen molar-refractivity contribution >= 4 is 41.4 Å². The van der Waals surface area contributed by atoms with E-state index >= 15 is 0 Å². The summed E-state index contributed by atoms with van der Waals surface area (Å²) in [6.07, 6.45) is -8.90. The standard InChI is InChI=1S/C56H73N9O17/c1-4-5-6-19-81-36-14-12-32(13-15-36)44-24-37(63-82-44)31-8-10-33(11-9-31)50(74)59-38-22-34(67)25-58-54(78)48-49(73)28(2)26-65(48)56(80)47(41(70)17-18-57)62-53(77)46(43(72)21-30-7-16-40(69)42(71)20-30)61-52(76)39-23-35(68)27-64(39)55(79)45(29(3)66)60-51(38)75/h7-16,20,24,28-29,34-35,38-39,41,43,45-49,66-73H,4-6,17-19,21-23,25-27,57H2,1-3H3,(H,58,78)(H,59,74)(H,60,75)(H,61,76)(H,62,77)/t28-,29+,34+,35+,38+,39+,41-,43-,45+,46+,47+,48+,49+/m1/s1. The molecule has 0 radical (unpaired) electrons. The highest BCUT2D eigenvalue weighted by atomic mass is 16.5. The monoisotopic (exact) mass is 1140 g/mol. The molecule has 26 nitrogen and oxygen atoms in total. The maximum absolute atomic E-state index is 14.6. The highest BCUT2D eigenvalue weighted by Gasteiger charge is 2.49. The summed E-state index contributed by atoms with van der Waals surface area (Å²) >= 11 is 0. The molecule has 3 fully saturated rings. The van der Waals surface area contributed by atoms with Gasteiger partial charge in [-0.15, -0.1) is 0 Å². The average molecular weight is 1140 g/mol. The van der Waals surface area contributed by atoms with Crippen LogP contribution in [-0.4, -0.2) is 203 Å². The second-order valence-electron chi connectivity index (χ2n) is 21.1. The number of phenols is 2. The van der Waals surface area contributed by atoms with Gasteiger partial charge in [0.2, 0.25) is 35.4 Å². The molecule has 0 bridgehead atoms. The second-order valence-corrected chi connectivity index (χ2v) is 21.1. The molecule has 7 amide bonds. The number of ether oxygens (including phenoxy) is 1. The summed E-state index contributed by atoms with van der Waals surface area (Å²) in [5.41, 5.74) is 7.63. The quantitative estimate of drug-likeness (QED) is 0.0439. The van der Waals surface area contributed by atoms with Crippen LogP contribution in [0, 0.1) is 5.92 Å². The van der Waals surface area contributed by atoms with Crippen molar-refractivity contribution in [1.29, 1.82) is 0 Å². The number of hydrogen-bond acceptors (Lipinski definition) is 19. The van der Waals surface area contributed by atoms with E-state index in [9.17, 15) is 74.4 Å². The zero-order valence-electron chi connectivity index (χ0n) is 45.6. The van der Waals surface area contributed by atoms with Gasteiger partial charge in [-0.2, -0.15) is 0 Å². The average Bonchev–Trinajstić information content (AvgIpc) is 4.30. The largest absolute Gasteiger partial charge is 0.504 e. The number of carbonyl (C=O) groups is 7. The van der Waals surface area contributed by atoms with Crippen molar-refractivity contribution in [2.24, 2.45) is 11.7 Å². The third-order valence-corrected chi connectivity index (χ3v) is 14.8. The minimum Gasteiger partial charge on any atom is -0.504 e. The number of aromatic hydroxyl groups is 2. The Morgan fingerprint density at radius 1 is 0.768 bits per heavy atom. The molecule has 444 valence electrons. The third-order valence-electron chi connectivity index (χ3n) is 14.8. The smallest absolute Gasteiger partial charge is 0.251 e. The molecule has 82 heavy (non-hydrogen) atoms. The van der Waals surface area contributed by atoms with Crippen LogP contribution < -0.4 is 37.1 Å². The number of rotatable bonds is 16. The van der Waals surface area contributed by atoms with Crippen LogP contribution in [0.2, 0.25) is 0 Å². The first-order chi connectivity index (χ1) is 39.1. The fraction of sp³-hybridized carbons (Fsp3) is 0.500. The van der Waals surface area contributed by atoms with Crippen LogP contribution in [0.5, 0.6) is 17.2 Å². The van der Waals surface area contributed by atoms with Crippen LogP contribution in [0.1, 0.15) is 75.2 Å².